The number of pyridine rings is 1. The molecule has 0 aliphatic carbocycles. The molecule has 5 aromatic rings. The number of H-pyrrole nitrogens is 1. The number of hydrogen-bond donors (Lipinski definition) is 1. The minimum atomic E-state index is -0.121. The average molecular weight is 424 g/mol. The fourth-order valence-electron chi connectivity index (χ4n) is 3.89. The Labute approximate surface area is 175 Å². The minimum absolute atomic E-state index is 0.121. The Morgan fingerprint density at radius 3 is 2.48 bits per heavy atom. The van der Waals surface area contributed by atoms with Crippen LogP contribution < -0.4 is 5.56 Å². The van der Waals surface area contributed by atoms with Crippen molar-refractivity contribution in [3.8, 4) is 22.4 Å². The second kappa shape index (κ2) is 6.47. The van der Waals surface area contributed by atoms with Crippen molar-refractivity contribution in [3.63, 3.8) is 0 Å². The predicted octanol–water partition coefficient (Wildman–Crippen LogP) is 4.79. The summed E-state index contributed by atoms with van der Waals surface area (Å²) in [5, 5.41) is 13.6. The molecule has 6 nitrogen and oxygen atoms in total. The number of halogens is 2. The summed E-state index contributed by atoms with van der Waals surface area (Å²) >= 11 is 12.4. The van der Waals surface area contributed by atoms with Crippen molar-refractivity contribution in [3.05, 3.63) is 69.1 Å². The summed E-state index contributed by atoms with van der Waals surface area (Å²) < 4.78 is 3.68. The lowest BCUT2D eigenvalue weighted by Crippen LogP contribution is -2.20. The van der Waals surface area contributed by atoms with Crippen LogP contribution in [0.4, 0.5) is 0 Å². The van der Waals surface area contributed by atoms with E-state index in [0.717, 1.165) is 33.2 Å². The third kappa shape index (κ3) is 2.68. The number of aromatic nitrogens is 5. The van der Waals surface area contributed by atoms with Crippen molar-refractivity contribution in [2.24, 2.45) is 14.1 Å². The van der Waals surface area contributed by atoms with Gasteiger partial charge in [-0.1, -0.05) is 40.5 Å². The van der Waals surface area contributed by atoms with Crippen LogP contribution in [0.15, 0.2) is 53.5 Å². The van der Waals surface area contributed by atoms with E-state index in [-0.39, 0.29) is 5.56 Å². The molecule has 1 N–H and O–H groups in total. The number of aryl methyl sites for hydroxylation is 2. The topological polar surface area (TPSA) is 68.5 Å². The molecule has 0 bridgehead atoms. The summed E-state index contributed by atoms with van der Waals surface area (Å²) in [5.41, 5.74) is 4.61. The lowest BCUT2D eigenvalue weighted by Gasteiger charge is -2.09. The first-order valence-corrected chi connectivity index (χ1v) is 9.65. The van der Waals surface area contributed by atoms with Gasteiger partial charge in [0.25, 0.3) is 5.56 Å². The summed E-state index contributed by atoms with van der Waals surface area (Å²) in [7, 11) is 3.73. The van der Waals surface area contributed by atoms with E-state index in [2.05, 4.69) is 21.5 Å². The highest BCUT2D eigenvalue weighted by molar-refractivity contribution is 6.36. The molecule has 2 aromatic carbocycles. The smallest absolute Gasteiger partial charge is 0.259 e. The van der Waals surface area contributed by atoms with Crippen LogP contribution in [0.5, 0.6) is 0 Å². The number of benzene rings is 2. The molecule has 0 fully saturated rings. The van der Waals surface area contributed by atoms with Gasteiger partial charge in [-0.25, -0.2) is 0 Å². The Kier molecular flexibility index (Phi) is 4.01. The second-order valence-electron chi connectivity index (χ2n) is 6.93. The highest BCUT2D eigenvalue weighted by Crippen LogP contribution is 2.34. The van der Waals surface area contributed by atoms with E-state index in [4.69, 9.17) is 23.2 Å². The summed E-state index contributed by atoms with van der Waals surface area (Å²) in [6, 6.07) is 13.1. The minimum Gasteiger partial charge on any atom is -0.330 e. The summed E-state index contributed by atoms with van der Waals surface area (Å²) in [4.78, 5) is 13.1. The van der Waals surface area contributed by atoms with E-state index in [1.807, 2.05) is 29.8 Å². The molecule has 144 valence electrons. The SMILES string of the molecule is Cn1c(=O)c(-c2ccc(Cl)cc2Cl)cc2c3cc(-c4c[nH]nn4)ccc3n(C)c21. The zero-order chi connectivity index (χ0) is 20.3. The molecule has 0 saturated carbocycles. The lowest BCUT2D eigenvalue weighted by atomic mass is 10.0. The number of aromatic amines is 1. The van der Waals surface area contributed by atoms with Gasteiger partial charge in [0.15, 0.2) is 0 Å². The van der Waals surface area contributed by atoms with Gasteiger partial charge in [-0.15, -0.1) is 5.10 Å². The standard InChI is InChI=1S/C21H15Cl2N5O/c1-27-19-6-3-11(18-10-24-26-25-18)7-14(19)15-9-16(21(29)28(2)20(15)27)13-5-4-12(22)8-17(13)23/h3-10H,1-2H3,(H,24,25,26). The van der Waals surface area contributed by atoms with Gasteiger partial charge < -0.3 is 4.57 Å². The Balaban J connectivity index is 1.88. The largest absolute Gasteiger partial charge is 0.330 e. The van der Waals surface area contributed by atoms with Gasteiger partial charge in [0, 0.05) is 52.8 Å². The summed E-state index contributed by atoms with van der Waals surface area (Å²) in [5.74, 6) is 0. The zero-order valence-electron chi connectivity index (χ0n) is 15.6. The third-order valence-electron chi connectivity index (χ3n) is 5.28. The first kappa shape index (κ1) is 18.0. The molecule has 0 unspecified atom stereocenters. The van der Waals surface area contributed by atoms with Crippen molar-refractivity contribution in [1.82, 2.24) is 24.5 Å². The van der Waals surface area contributed by atoms with E-state index < -0.39 is 0 Å². The van der Waals surface area contributed by atoms with E-state index in [9.17, 15) is 4.79 Å². The molecule has 0 spiro atoms. The van der Waals surface area contributed by atoms with Crippen LogP contribution >= 0.6 is 23.2 Å². The first-order chi connectivity index (χ1) is 14.0. The fourth-order valence-corrected chi connectivity index (χ4v) is 4.40. The number of nitrogens with one attached hydrogen (secondary N) is 1. The molecule has 5 rings (SSSR count). The van der Waals surface area contributed by atoms with Gasteiger partial charge in [0.2, 0.25) is 0 Å². The Morgan fingerprint density at radius 2 is 1.76 bits per heavy atom. The molecule has 0 aliphatic rings. The number of hydrogen-bond acceptors (Lipinski definition) is 3. The third-order valence-corrected chi connectivity index (χ3v) is 5.83. The van der Waals surface area contributed by atoms with Crippen LogP contribution in [0.3, 0.4) is 0 Å². The number of fused-ring (bicyclic) bond motifs is 3. The monoisotopic (exact) mass is 423 g/mol. The molecule has 8 heteroatoms. The predicted molar refractivity (Wildman–Crippen MR) is 116 cm³/mol. The van der Waals surface area contributed by atoms with Gasteiger partial charge in [0.1, 0.15) is 11.3 Å². The molecule has 29 heavy (non-hydrogen) atoms. The molecule has 3 aromatic heterocycles. The Hall–Kier alpha value is -3.09. The quantitative estimate of drug-likeness (QED) is 0.443. The van der Waals surface area contributed by atoms with Gasteiger partial charge in [0.05, 0.1) is 10.5 Å². The second-order valence-corrected chi connectivity index (χ2v) is 7.78. The van der Waals surface area contributed by atoms with Crippen molar-refractivity contribution in [1.29, 1.82) is 0 Å². The molecule has 0 amide bonds. The van der Waals surface area contributed by atoms with Crippen LogP contribution in [-0.2, 0) is 14.1 Å². The van der Waals surface area contributed by atoms with Crippen LogP contribution in [0.25, 0.3) is 44.3 Å². The average Bonchev–Trinajstić information content (AvgIpc) is 3.32. The molecular weight excluding hydrogens is 409 g/mol. The summed E-state index contributed by atoms with van der Waals surface area (Å²) in [6.45, 7) is 0. The maximum atomic E-state index is 13.1. The van der Waals surface area contributed by atoms with Gasteiger partial charge >= 0.3 is 0 Å². The molecule has 0 radical (unpaired) electrons. The zero-order valence-corrected chi connectivity index (χ0v) is 17.1. The lowest BCUT2D eigenvalue weighted by molar-refractivity contribution is 0.846. The van der Waals surface area contributed by atoms with Crippen molar-refractivity contribution >= 4 is 45.1 Å². The molecule has 0 atom stereocenters. The maximum absolute atomic E-state index is 13.1. The molecular formula is C21H15Cl2N5O. The van der Waals surface area contributed by atoms with Crippen molar-refractivity contribution in [2.45, 2.75) is 0 Å². The van der Waals surface area contributed by atoms with Gasteiger partial charge in [-0.3, -0.25) is 14.5 Å². The molecule has 0 aliphatic heterocycles. The Bertz CT molecular complexity index is 1460. The number of rotatable bonds is 2. The van der Waals surface area contributed by atoms with Gasteiger partial charge in [-0.2, -0.15) is 0 Å². The first-order valence-electron chi connectivity index (χ1n) is 8.90. The molecule has 3 heterocycles. The van der Waals surface area contributed by atoms with Crippen molar-refractivity contribution < 1.29 is 0 Å². The fraction of sp³-hybridized carbons (Fsp3) is 0.0952. The van der Waals surface area contributed by atoms with E-state index in [1.165, 1.54) is 0 Å². The van der Waals surface area contributed by atoms with Crippen LogP contribution in [-0.4, -0.2) is 24.5 Å². The Morgan fingerprint density at radius 1 is 0.931 bits per heavy atom. The normalized spacial score (nSPS) is 11.6. The van der Waals surface area contributed by atoms with E-state index >= 15 is 0 Å². The van der Waals surface area contributed by atoms with E-state index in [1.54, 1.807) is 36.0 Å². The van der Waals surface area contributed by atoms with Crippen LogP contribution in [0, 0.1) is 0 Å². The number of nitrogens with zero attached hydrogens (tertiary/aromatic N) is 4. The van der Waals surface area contributed by atoms with E-state index in [0.29, 0.717) is 21.2 Å². The summed E-state index contributed by atoms with van der Waals surface area (Å²) in [6.07, 6.45) is 1.75. The molecule has 0 saturated heterocycles. The van der Waals surface area contributed by atoms with Crippen LogP contribution in [0.2, 0.25) is 10.0 Å². The maximum Gasteiger partial charge on any atom is 0.259 e. The van der Waals surface area contributed by atoms with Crippen LogP contribution in [0.1, 0.15) is 0 Å². The van der Waals surface area contributed by atoms with Crippen molar-refractivity contribution in [2.75, 3.05) is 0 Å². The highest BCUT2D eigenvalue weighted by atomic mass is 35.5. The van der Waals surface area contributed by atoms with Gasteiger partial charge in [-0.05, 0) is 30.3 Å². The highest BCUT2D eigenvalue weighted by Gasteiger charge is 2.18.